The van der Waals surface area contributed by atoms with Crippen LogP contribution in [0.2, 0.25) is 0 Å². The van der Waals surface area contributed by atoms with Gasteiger partial charge in [-0.25, -0.2) is 0 Å². The number of ketones is 2. The minimum atomic E-state index is -0.594. The Morgan fingerprint density at radius 3 is 1.91 bits per heavy atom. The lowest BCUT2D eigenvalue weighted by molar-refractivity contribution is -0.128. The zero-order valence-corrected chi connectivity index (χ0v) is 20.7. The van der Waals surface area contributed by atoms with Crippen molar-refractivity contribution in [2.45, 2.75) is 25.8 Å². The van der Waals surface area contributed by atoms with E-state index in [9.17, 15) is 19.2 Å². The summed E-state index contributed by atoms with van der Waals surface area (Å²) in [6.07, 6.45) is 2.81. The molecule has 0 aliphatic heterocycles. The number of carbonyl (C=O) groups is 4. The molecule has 2 N–H and O–H groups in total. The second-order valence-corrected chi connectivity index (χ2v) is 8.23. The Balaban J connectivity index is 0.000000425. The van der Waals surface area contributed by atoms with E-state index in [0.29, 0.717) is 23.7 Å². The van der Waals surface area contributed by atoms with Gasteiger partial charge in [0.25, 0.3) is 0 Å². The van der Waals surface area contributed by atoms with Gasteiger partial charge >= 0.3 is 0 Å². The fraction of sp³-hybridized carbons (Fsp3) is 0.333. The molecule has 0 aliphatic carbocycles. The van der Waals surface area contributed by atoms with Crippen LogP contribution in [0.25, 0.3) is 0 Å². The number of benzene rings is 2. The van der Waals surface area contributed by atoms with Crippen LogP contribution in [0.4, 0.5) is 0 Å². The Labute approximate surface area is 202 Å². The van der Waals surface area contributed by atoms with Gasteiger partial charge in [0.15, 0.2) is 11.6 Å². The van der Waals surface area contributed by atoms with Crippen LogP contribution in [0, 0.1) is 0 Å². The van der Waals surface area contributed by atoms with Crippen LogP contribution in [0.1, 0.15) is 40.5 Å². The Kier molecular flexibility index (Phi) is 14.0. The summed E-state index contributed by atoms with van der Waals surface area (Å²) in [4.78, 5) is 46.6. The predicted molar refractivity (Wildman–Crippen MR) is 134 cm³/mol. The third-order valence-corrected chi connectivity index (χ3v) is 5.47. The molecule has 0 saturated heterocycles. The maximum absolute atomic E-state index is 12.1. The summed E-state index contributed by atoms with van der Waals surface area (Å²) in [5.41, 5.74) is 1.32. The van der Waals surface area contributed by atoms with Gasteiger partial charge in [0.2, 0.25) is 11.8 Å². The molecule has 8 heteroatoms. The van der Waals surface area contributed by atoms with Crippen molar-refractivity contribution >= 4 is 51.1 Å². The van der Waals surface area contributed by atoms with E-state index in [1.807, 2.05) is 42.7 Å². The van der Waals surface area contributed by atoms with E-state index in [2.05, 4.69) is 26.6 Å². The highest BCUT2D eigenvalue weighted by atomic mass is 79.9. The standard InChI is InChI=1S/C16H22N2O3S.C8H7BrO/c1-3-15(20)18-13(9-10-22-2)16(21)17-11-14(19)12-7-5-4-6-8-12;9-6-8(10)7-4-2-1-3-5-7/h4-8,13H,3,9-11H2,1-2H3,(H,17,21)(H,18,20);1-5H,6H2. The summed E-state index contributed by atoms with van der Waals surface area (Å²) in [7, 11) is 0. The van der Waals surface area contributed by atoms with E-state index in [4.69, 9.17) is 0 Å². The van der Waals surface area contributed by atoms with Crippen LogP contribution in [0.15, 0.2) is 60.7 Å². The first-order chi connectivity index (χ1) is 15.4. The summed E-state index contributed by atoms with van der Waals surface area (Å²) in [6.45, 7) is 1.67. The first-order valence-corrected chi connectivity index (χ1v) is 12.7. The molecule has 0 heterocycles. The first-order valence-electron chi connectivity index (χ1n) is 10.2. The van der Waals surface area contributed by atoms with E-state index in [1.54, 1.807) is 43.0 Å². The fourth-order valence-corrected chi connectivity index (χ4v) is 3.31. The van der Waals surface area contributed by atoms with Gasteiger partial charge in [-0.1, -0.05) is 83.5 Å². The Bertz CT molecular complexity index is 863. The van der Waals surface area contributed by atoms with Gasteiger partial charge in [-0.05, 0) is 18.4 Å². The number of rotatable bonds is 11. The van der Waals surface area contributed by atoms with Crippen molar-refractivity contribution in [2.24, 2.45) is 0 Å². The van der Waals surface area contributed by atoms with Crippen molar-refractivity contribution in [1.29, 1.82) is 0 Å². The molecule has 0 aromatic heterocycles. The Morgan fingerprint density at radius 2 is 1.44 bits per heavy atom. The van der Waals surface area contributed by atoms with Gasteiger partial charge < -0.3 is 10.6 Å². The van der Waals surface area contributed by atoms with E-state index >= 15 is 0 Å². The minimum Gasteiger partial charge on any atom is -0.347 e. The summed E-state index contributed by atoms with van der Waals surface area (Å²) in [5.74, 6) is 0.241. The van der Waals surface area contributed by atoms with Crippen LogP contribution >= 0.6 is 27.7 Å². The number of hydrogen-bond donors (Lipinski definition) is 2. The molecule has 1 unspecified atom stereocenters. The number of hydrogen-bond acceptors (Lipinski definition) is 5. The Morgan fingerprint density at radius 1 is 0.906 bits per heavy atom. The topological polar surface area (TPSA) is 92.3 Å². The number of carbonyl (C=O) groups excluding carboxylic acids is 4. The maximum Gasteiger partial charge on any atom is 0.242 e. The normalized spacial score (nSPS) is 10.8. The van der Waals surface area contributed by atoms with E-state index in [1.165, 1.54) is 0 Å². The number of thioether (sulfide) groups is 1. The summed E-state index contributed by atoms with van der Waals surface area (Å²) >= 11 is 4.71. The molecule has 172 valence electrons. The second-order valence-electron chi connectivity index (χ2n) is 6.68. The third kappa shape index (κ3) is 10.7. The average molecular weight is 521 g/mol. The summed E-state index contributed by atoms with van der Waals surface area (Å²) in [5, 5.41) is 5.70. The lowest BCUT2D eigenvalue weighted by atomic mass is 10.1. The molecule has 0 aliphatic rings. The average Bonchev–Trinajstić information content (AvgIpc) is 2.85. The molecule has 0 spiro atoms. The van der Waals surface area contributed by atoms with Crippen molar-refractivity contribution in [3.63, 3.8) is 0 Å². The zero-order chi connectivity index (χ0) is 23.8. The largest absolute Gasteiger partial charge is 0.347 e. The lowest BCUT2D eigenvalue weighted by Gasteiger charge is -2.17. The number of nitrogens with one attached hydrogen (secondary N) is 2. The van der Waals surface area contributed by atoms with Gasteiger partial charge in [-0.2, -0.15) is 11.8 Å². The molecule has 2 rings (SSSR count). The molecule has 2 amide bonds. The highest BCUT2D eigenvalue weighted by Gasteiger charge is 2.20. The monoisotopic (exact) mass is 520 g/mol. The molecule has 0 fully saturated rings. The molecule has 0 radical (unpaired) electrons. The fourth-order valence-electron chi connectivity index (χ4n) is 2.52. The van der Waals surface area contributed by atoms with Crippen molar-refractivity contribution < 1.29 is 19.2 Å². The van der Waals surface area contributed by atoms with E-state index in [-0.39, 0.29) is 29.9 Å². The molecule has 32 heavy (non-hydrogen) atoms. The van der Waals surface area contributed by atoms with Crippen LogP contribution in [0.5, 0.6) is 0 Å². The molecular weight excluding hydrogens is 492 g/mol. The highest BCUT2D eigenvalue weighted by Crippen LogP contribution is 2.03. The van der Waals surface area contributed by atoms with Crippen molar-refractivity contribution in [3.05, 3.63) is 71.8 Å². The third-order valence-electron chi connectivity index (χ3n) is 4.32. The highest BCUT2D eigenvalue weighted by molar-refractivity contribution is 9.09. The van der Waals surface area contributed by atoms with Crippen LogP contribution in [0.3, 0.4) is 0 Å². The molecule has 0 saturated carbocycles. The van der Waals surface area contributed by atoms with E-state index < -0.39 is 6.04 Å². The molecule has 0 bridgehead atoms. The number of halogens is 1. The van der Waals surface area contributed by atoms with Crippen molar-refractivity contribution in [1.82, 2.24) is 10.6 Å². The SMILES string of the molecule is CCC(=O)NC(CCSC)C(=O)NCC(=O)c1ccccc1.O=C(CBr)c1ccccc1. The van der Waals surface area contributed by atoms with Gasteiger partial charge in [-0.15, -0.1) is 0 Å². The molecule has 2 aromatic rings. The summed E-state index contributed by atoms with van der Waals surface area (Å²) in [6, 6.07) is 17.4. The van der Waals surface area contributed by atoms with Gasteiger partial charge in [0.1, 0.15) is 6.04 Å². The minimum absolute atomic E-state index is 0.0688. The smallest absolute Gasteiger partial charge is 0.242 e. The number of alkyl halides is 1. The quantitative estimate of drug-likeness (QED) is 0.346. The first kappa shape index (κ1) is 27.6. The molecule has 6 nitrogen and oxygen atoms in total. The van der Waals surface area contributed by atoms with Gasteiger partial charge in [0.05, 0.1) is 11.9 Å². The molecular formula is C24H29BrN2O4S. The van der Waals surface area contributed by atoms with Crippen LogP contribution in [-0.4, -0.2) is 53.3 Å². The predicted octanol–water partition coefficient (Wildman–Crippen LogP) is 3.90. The van der Waals surface area contributed by atoms with Crippen molar-refractivity contribution in [2.75, 3.05) is 23.9 Å². The van der Waals surface area contributed by atoms with Crippen molar-refractivity contribution in [3.8, 4) is 0 Å². The number of Topliss-reactive ketones (excluding diaryl/α,β-unsaturated/α-hetero) is 2. The lowest BCUT2D eigenvalue weighted by Crippen LogP contribution is -2.48. The molecule has 2 aromatic carbocycles. The molecule has 1 atom stereocenters. The summed E-state index contributed by atoms with van der Waals surface area (Å²) < 4.78 is 0. The van der Waals surface area contributed by atoms with Gasteiger partial charge in [0, 0.05) is 17.5 Å². The van der Waals surface area contributed by atoms with Gasteiger partial charge in [-0.3, -0.25) is 19.2 Å². The van der Waals surface area contributed by atoms with E-state index in [0.717, 1.165) is 11.3 Å². The van der Waals surface area contributed by atoms with Crippen LogP contribution in [-0.2, 0) is 9.59 Å². The number of amides is 2. The second kappa shape index (κ2) is 16.2. The Hall–Kier alpha value is -2.45. The zero-order valence-electron chi connectivity index (χ0n) is 18.3. The van der Waals surface area contributed by atoms with Crippen LogP contribution < -0.4 is 10.6 Å². The maximum atomic E-state index is 12.1.